The lowest BCUT2D eigenvalue weighted by molar-refractivity contribution is 0.130. The number of hydrogen-bond acceptors (Lipinski definition) is 6. The minimum atomic E-state index is 0.534. The van der Waals surface area contributed by atoms with Gasteiger partial charge in [0.05, 0.1) is 17.8 Å². The van der Waals surface area contributed by atoms with Gasteiger partial charge in [0.25, 0.3) is 0 Å². The molecule has 0 bridgehead atoms. The Morgan fingerprint density at radius 3 is 2.64 bits per heavy atom. The molecule has 0 saturated carbocycles. The van der Waals surface area contributed by atoms with Crippen molar-refractivity contribution in [3.8, 4) is 5.75 Å². The van der Waals surface area contributed by atoms with Crippen LogP contribution in [0.25, 0.3) is 10.9 Å². The molecule has 2 aromatic rings. The normalized spacial score (nSPS) is 19.9. The van der Waals surface area contributed by atoms with E-state index in [2.05, 4.69) is 50.2 Å². The van der Waals surface area contributed by atoms with Gasteiger partial charge in [-0.25, -0.2) is 9.97 Å². The highest BCUT2D eigenvalue weighted by Crippen LogP contribution is 2.30. The molecule has 0 unspecified atom stereocenters. The summed E-state index contributed by atoms with van der Waals surface area (Å²) in [6.07, 6.45) is 5.07. The molecular weight excluding hydrogens is 350 g/mol. The van der Waals surface area contributed by atoms with Crippen LogP contribution in [0.5, 0.6) is 5.75 Å². The minimum Gasteiger partial charge on any atom is -0.493 e. The molecule has 2 aliphatic heterocycles. The zero-order valence-electron chi connectivity index (χ0n) is 17.1. The Labute approximate surface area is 168 Å². The van der Waals surface area contributed by atoms with Crippen LogP contribution in [0, 0.1) is 0 Å². The molecule has 0 spiro atoms. The molecule has 1 aromatic carbocycles. The Morgan fingerprint density at radius 1 is 1.07 bits per heavy atom. The number of hydrogen-bond donors (Lipinski definition) is 1. The standard InChI is InChI=1S/C22H33N5O/c1-2-26-11-13-27(14-12-26)10-3-15-28-19-4-5-20-21(16-19)24-17-25-22(20)18-6-8-23-9-7-18/h4-5,16-18,23H,2-3,6-15H2,1H3. The minimum absolute atomic E-state index is 0.534. The van der Waals surface area contributed by atoms with Gasteiger partial charge in [0.2, 0.25) is 0 Å². The maximum absolute atomic E-state index is 6.03. The smallest absolute Gasteiger partial charge is 0.121 e. The molecular formula is C22H33N5O. The van der Waals surface area contributed by atoms with Crippen molar-refractivity contribution in [3.05, 3.63) is 30.2 Å². The second-order valence-electron chi connectivity index (χ2n) is 7.94. The number of ether oxygens (including phenoxy) is 1. The first-order chi connectivity index (χ1) is 13.8. The fraction of sp³-hybridized carbons (Fsp3) is 0.636. The van der Waals surface area contributed by atoms with Crippen LogP contribution in [0.4, 0.5) is 0 Å². The van der Waals surface area contributed by atoms with Crippen molar-refractivity contribution in [1.29, 1.82) is 0 Å². The predicted molar refractivity (Wildman–Crippen MR) is 113 cm³/mol. The molecule has 4 rings (SSSR count). The third-order valence-electron chi connectivity index (χ3n) is 6.16. The van der Waals surface area contributed by atoms with Gasteiger partial charge in [-0.15, -0.1) is 0 Å². The lowest BCUT2D eigenvalue weighted by atomic mass is 9.92. The first-order valence-electron chi connectivity index (χ1n) is 10.9. The summed E-state index contributed by atoms with van der Waals surface area (Å²) in [4.78, 5) is 14.2. The number of nitrogens with zero attached hydrogens (tertiary/aromatic N) is 4. The van der Waals surface area contributed by atoms with Crippen molar-refractivity contribution in [3.63, 3.8) is 0 Å². The van der Waals surface area contributed by atoms with Crippen molar-refractivity contribution < 1.29 is 4.74 Å². The molecule has 28 heavy (non-hydrogen) atoms. The summed E-state index contributed by atoms with van der Waals surface area (Å²) in [5, 5.41) is 4.61. The molecule has 0 atom stereocenters. The number of piperazine rings is 1. The molecule has 1 aromatic heterocycles. The van der Waals surface area contributed by atoms with E-state index in [1.165, 1.54) is 43.8 Å². The summed E-state index contributed by atoms with van der Waals surface area (Å²) in [7, 11) is 0. The van der Waals surface area contributed by atoms with Gasteiger partial charge in [0.1, 0.15) is 12.1 Å². The number of rotatable bonds is 7. The maximum atomic E-state index is 6.03. The molecule has 0 aliphatic carbocycles. The topological polar surface area (TPSA) is 53.5 Å². The van der Waals surface area contributed by atoms with Gasteiger partial charge < -0.3 is 19.9 Å². The Kier molecular flexibility index (Phi) is 6.73. The Hall–Kier alpha value is -1.76. The van der Waals surface area contributed by atoms with Gasteiger partial charge in [0, 0.05) is 50.1 Å². The molecule has 6 heteroatoms. The largest absolute Gasteiger partial charge is 0.493 e. The lowest BCUT2D eigenvalue weighted by Crippen LogP contribution is -2.46. The first-order valence-corrected chi connectivity index (χ1v) is 10.9. The highest BCUT2D eigenvalue weighted by Gasteiger charge is 2.19. The Bertz CT molecular complexity index is 754. The van der Waals surface area contributed by atoms with Crippen LogP contribution in [0.15, 0.2) is 24.5 Å². The van der Waals surface area contributed by atoms with Gasteiger partial charge in [-0.2, -0.15) is 0 Å². The summed E-state index contributed by atoms with van der Waals surface area (Å²) >= 11 is 0. The number of fused-ring (bicyclic) bond motifs is 1. The van der Waals surface area contributed by atoms with E-state index in [9.17, 15) is 0 Å². The number of nitrogens with one attached hydrogen (secondary N) is 1. The van der Waals surface area contributed by atoms with E-state index in [1.54, 1.807) is 6.33 Å². The van der Waals surface area contributed by atoms with Gasteiger partial charge in [-0.05, 0) is 51.0 Å². The van der Waals surface area contributed by atoms with Crippen molar-refractivity contribution in [2.45, 2.75) is 32.1 Å². The summed E-state index contributed by atoms with van der Waals surface area (Å²) < 4.78 is 6.03. The van der Waals surface area contributed by atoms with E-state index in [0.717, 1.165) is 56.8 Å². The van der Waals surface area contributed by atoms with Crippen LogP contribution >= 0.6 is 0 Å². The highest BCUT2D eigenvalue weighted by atomic mass is 16.5. The quantitative estimate of drug-likeness (QED) is 0.742. The average molecular weight is 384 g/mol. The molecule has 2 aliphatic rings. The summed E-state index contributed by atoms with van der Waals surface area (Å²) in [6, 6.07) is 6.30. The second-order valence-corrected chi connectivity index (χ2v) is 7.94. The fourth-order valence-electron chi connectivity index (χ4n) is 4.38. The van der Waals surface area contributed by atoms with Gasteiger partial charge in [0.15, 0.2) is 0 Å². The van der Waals surface area contributed by atoms with Crippen molar-refractivity contribution in [2.24, 2.45) is 0 Å². The Morgan fingerprint density at radius 2 is 1.86 bits per heavy atom. The third-order valence-corrected chi connectivity index (χ3v) is 6.16. The summed E-state index contributed by atoms with van der Waals surface area (Å²) in [5.41, 5.74) is 2.20. The van der Waals surface area contributed by atoms with Crippen molar-refractivity contribution in [2.75, 3.05) is 59.0 Å². The van der Waals surface area contributed by atoms with E-state index < -0.39 is 0 Å². The third kappa shape index (κ3) is 4.80. The van der Waals surface area contributed by atoms with Crippen LogP contribution < -0.4 is 10.1 Å². The number of piperidine rings is 1. The number of aromatic nitrogens is 2. The lowest BCUT2D eigenvalue weighted by Gasteiger charge is -2.33. The summed E-state index contributed by atoms with van der Waals surface area (Å²) in [6.45, 7) is 12.2. The van der Waals surface area contributed by atoms with Crippen LogP contribution in [0.3, 0.4) is 0 Å². The summed E-state index contributed by atoms with van der Waals surface area (Å²) in [5.74, 6) is 1.45. The van der Waals surface area contributed by atoms with E-state index >= 15 is 0 Å². The number of benzene rings is 1. The van der Waals surface area contributed by atoms with Crippen LogP contribution in [0.1, 0.15) is 37.8 Å². The monoisotopic (exact) mass is 383 g/mol. The molecule has 3 heterocycles. The van der Waals surface area contributed by atoms with Crippen molar-refractivity contribution in [1.82, 2.24) is 25.1 Å². The predicted octanol–water partition coefficient (Wildman–Crippen LogP) is 2.50. The molecule has 0 amide bonds. The van der Waals surface area contributed by atoms with Crippen molar-refractivity contribution >= 4 is 10.9 Å². The van der Waals surface area contributed by atoms with E-state index in [-0.39, 0.29) is 0 Å². The molecule has 1 N–H and O–H groups in total. The zero-order chi connectivity index (χ0) is 19.2. The average Bonchev–Trinajstić information content (AvgIpc) is 2.77. The SMILES string of the molecule is CCN1CCN(CCCOc2ccc3c(C4CCNCC4)ncnc3c2)CC1. The van der Waals surface area contributed by atoms with E-state index in [0.29, 0.717) is 5.92 Å². The fourth-order valence-corrected chi connectivity index (χ4v) is 4.38. The Balaban J connectivity index is 1.30. The first kappa shape index (κ1) is 19.6. The van der Waals surface area contributed by atoms with Gasteiger partial charge >= 0.3 is 0 Å². The highest BCUT2D eigenvalue weighted by molar-refractivity contribution is 5.82. The molecule has 2 saturated heterocycles. The molecule has 152 valence electrons. The van der Waals surface area contributed by atoms with E-state index in [1.807, 2.05) is 0 Å². The molecule has 2 fully saturated rings. The molecule has 6 nitrogen and oxygen atoms in total. The van der Waals surface area contributed by atoms with Gasteiger partial charge in [-0.1, -0.05) is 6.92 Å². The van der Waals surface area contributed by atoms with Crippen LogP contribution in [-0.4, -0.2) is 78.7 Å². The van der Waals surface area contributed by atoms with E-state index in [4.69, 9.17) is 4.74 Å². The maximum Gasteiger partial charge on any atom is 0.121 e. The second kappa shape index (κ2) is 9.63. The molecule has 0 radical (unpaired) electrons. The van der Waals surface area contributed by atoms with Crippen LogP contribution in [-0.2, 0) is 0 Å². The zero-order valence-corrected chi connectivity index (χ0v) is 17.1. The number of likely N-dealkylation sites (N-methyl/N-ethyl adjacent to an activating group) is 1. The van der Waals surface area contributed by atoms with Crippen LogP contribution in [0.2, 0.25) is 0 Å². The van der Waals surface area contributed by atoms with Gasteiger partial charge in [-0.3, -0.25) is 0 Å².